The Hall–Kier alpha value is 0.745. The zero-order valence-corrected chi connectivity index (χ0v) is 5.58. The van der Waals surface area contributed by atoms with Gasteiger partial charge >= 0.3 is 0 Å². The van der Waals surface area contributed by atoms with Crippen molar-refractivity contribution in [1.29, 1.82) is 0 Å². The normalized spacial score (nSPS) is 11.4. The molecule has 0 rings (SSSR count). The minimum atomic E-state index is -2.70. The predicted octanol–water partition coefficient (Wildman–Crippen LogP) is -0.701. The number of hydrogen-bond donors (Lipinski definition) is 0. The maximum Gasteiger partial charge on any atom is 0.269 e. The molecule has 0 heterocycles. The summed E-state index contributed by atoms with van der Waals surface area (Å²) in [6, 6.07) is 0. The molecule has 0 aliphatic carbocycles. The minimum absolute atomic E-state index is 1.15. The van der Waals surface area contributed by atoms with Crippen molar-refractivity contribution in [3.8, 4) is 0 Å². The van der Waals surface area contributed by atoms with Crippen LogP contribution in [-0.4, -0.2) is 15.5 Å². The minimum Gasteiger partial charge on any atom is -0.232 e. The van der Waals surface area contributed by atoms with Crippen LogP contribution in [0.1, 0.15) is 0 Å². The average molecular weight is 204 g/mol. The van der Waals surface area contributed by atoms with Crippen LogP contribution in [-0.2, 0) is 6.86 Å². The second kappa shape index (κ2) is 1.46. The van der Waals surface area contributed by atoms with E-state index in [1.807, 2.05) is 0 Å². The molecule has 5 heteroatoms. The van der Waals surface area contributed by atoms with Gasteiger partial charge in [-0.1, -0.05) is 0 Å². The van der Waals surface area contributed by atoms with Gasteiger partial charge in [0.2, 0.25) is 0 Å². The van der Waals surface area contributed by atoms with Gasteiger partial charge in [-0.25, -0.2) is 8.42 Å². The maximum absolute atomic E-state index is 9.62. The standard InChI is InChI=1S/BH2IO2S/c1-5(2,3)4/h1H2. The van der Waals surface area contributed by atoms with Gasteiger partial charge in [0.1, 0.15) is 6.86 Å². The Morgan fingerprint density at radius 2 is 1.60 bits per heavy atom. The van der Waals surface area contributed by atoms with Crippen molar-refractivity contribution in [1.82, 2.24) is 0 Å². The Labute approximate surface area is 43.8 Å². The van der Waals surface area contributed by atoms with Crippen molar-refractivity contribution in [2.24, 2.45) is 0 Å². The highest BCUT2D eigenvalue weighted by atomic mass is 127. The molecular weight excluding hydrogens is 202 g/mol. The second-order valence-electron chi connectivity index (χ2n) is 0.682. The molecule has 0 saturated heterocycles. The van der Waals surface area contributed by atoms with Crippen molar-refractivity contribution < 1.29 is 8.42 Å². The van der Waals surface area contributed by atoms with Gasteiger partial charge in [0.05, 0.1) is 21.2 Å². The highest BCUT2D eigenvalue weighted by molar-refractivity contribution is 14.2. The van der Waals surface area contributed by atoms with Crippen LogP contribution in [0.3, 0.4) is 0 Å². The summed E-state index contributed by atoms with van der Waals surface area (Å²) in [4.78, 5) is 0. The maximum atomic E-state index is 9.62. The molecule has 0 atom stereocenters. The molecule has 5 heavy (non-hydrogen) atoms. The molecule has 0 aliphatic heterocycles. The van der Waals surface area contributed by atoms with Gasteiger partial charge in [0.25, 0.3) is 7.12 Å². The first-order valence-electron chi connectivity index (χ1n) is 0.896. The predicted molar refractivity (Wildman–Crippen MR) is 31.5 cm³/mol. The van der Waals surface area contributed by atoms with Gasteiger partial charge in [-0.3, -0.25) is 0 Å². The molecule has 0 amide bonds. The van der Waals surface area contributed by atoms with E-state index < -0.39 is 6.86 Å². The number of rotatable bonds is 0. The van der Waals surface area contributed by atoms with E-state index >= 15 is 0 Å². The lowest BCUT2D eigenvalue weighted by Gasteiger charge is -1.66. The van der Waals surface area contributed by atoms with Gasteiger partial charge in [0.15, 0.2) is 0 Å². The highest BCUT2D eigenvalue weighted by Crippen LogP contribution is 1.89. The summed E-state index contributed by atoms with van der Waals surface area (Å²) in [6.45, 7) is -2.70. The van der Waals surface area contributed by atoms with Crippen molar-refractivity contribution in [2.75, 3.05) is 0 Å². The van der Waals surface area contributed by atoms with Crippen LogP contribution in [0.15, 0.2) is 0 Å². The van der Waals surface area contributed by atoms with Gasteiger partial charge in [-0.2, -0.15) is 0 Å². The Bertz CT molecular complexity index is 92.8. The van der Waals surface area contributed by atoms with Crippen LogP contribution in [0.2, 0.25) is 0 Å². The lowest BCUT2D eigenvalue weighted by Crippen LogP contribution is -1.78. The molecule has 0 N–H and O–H groups in total. The smallest absolute Gasteiger partial charge is 0.232 e. The SMILES string of the molecule is BS(=O)(=O)I. The van der Waals surface area contributed by atoms with E-state index in [9.17, 15) is 8.42 Å². The third-order valence-electron chi connectivity index (χ3n) is 0. The highest BCUT2D eigenvalue weighted by Gasteiger charge is 1.84. The molecule has 0 aromatic rings. The third-order valence-corrected chi connectivity index (χ3v) is 0. The van der Waals surface area contributed by atoms with E-state index in [1.165, 1.54) is 21.2 Å². The molecule has 0 fully saturated rings. The van der Waals surface area contributed by atoms with Crippen LogP contribution < -0.4 is 0 Å². The topological polar surface area (TPSA) is 34.1 Å². The van der Waals surface area contributed by atoms with E-state index in [4.69, 9.17) is 0 Å². The summed E-state index contributed by atoms with van der Waals surface area (Å²) >= 11 is 1.35. The van der Waals surface area contributed by atoms with Crippen molar-refractivity contribution >= 4 is 35.2 Å². The molecule has 0 radical (unpaired) electrons. The summed E-state index contributed by atoms with van der Waals surface area (Å²) in [5.41, 5.74) is 0. The largest absolute Gasteiger partial charge is 0.269 e. The summed E-state index contributed by atoms with van der Waals surface area (Å²) in [7, 11) is 1.15. The first-order valence-corrected chi connectivity index (χ1v) is 5.33. The van der Waals surface area contributed by atoms with E-state index in [-0.39, 0.29) is 0 Å². The van der Waals surface area contributed by atoms with Crippen LogP contribution in [0.5, 0.6) is 0 Å². The van der Waals surface area contributed by atoms with Crippen LogP contribution in [0.25, 0.3) is 0 Å². The van der Waals surface area contributed by atoms with Crippen molar-refractivity contribution in [2.45, 2.75) is 0 Å². The zero-order valence-electron chi connectivity index (χ0n) is 2.60. The second-order valence-corrected chi connectivity index (χ2v) is 6.84. The summed E-state index contributed by atoms with van der Waals surface area (Å²) in [5, 5.41) is 0. The van der Waals surface area contributed by atoms with Crippen LogP contribution in [0.4, 0.5) is 0 Å². The van der Waals surface area contributed by atoms with Gasteiger partial charge in [-0.15, -0.1) is 0 Å². The molecule has 0 spiro atoms. The first kappa shape index (κ1) is 5.74. The summed E-state index contributed by atoms with van der Waals surface area (Å²) in [6.07, 6.45) is 0. The Morgan fingerprint density at radius 1 is 1.60 bits per heavy atom. The van der Waals surface area contributed by atoms with E-state index in [0.717, 1.165) is 7.12 Å². The lowest BCUT2D eigenvalue weighted by atomic mass is 10.8. The van der Waals surface area contributed by atoms with E-state index in [1.54, 1.807) is 0 Å². The third kappa shape index (κ3) is 64.4. The van der Waals surface area contributed by atoms with Crippen molar-refractivity contribution in [3.05, 3.63) is 0 Å². The van der Waals surface area contributed by atoms with Gasteiger partial charge in [-0.05, 0) is 0 Å². The Balaban J connectivity index is 4.06. The fourth-order valence-corrected chi connectivity index (χ4v) is 0. The number of halogens is 1. The van der Waals surface area contributed by atoms with Gasteiger partial charge in [0, 0.05) is 0 Å². The average Bonchev–Trinajstić information content (AvgIpc) is 0.722. The lowest BCUT2D eigenvalue weighted by molar-refractivity contribution is 0.624. The Morgan fingerprint density at radius 3 is 1.60 bits per heavy atom. The molecule has 2 nitrogen and oxygen atoms in total. The molecule has 0 saturated carbocycles. The van der Waals surface area contributed by atoms with E-state index in [2.05, 4.69) is 0 Å². The quantitative estimate of drug-likeness (QED) is 0.297. The molecular formula is H2BIO2S. The molecule has 0 aromatic heterocycles. The molecule has 0 aliphatic rings. The van der Waals surface area contributed by atoms with E-state index in [0.29, 0.717) is 0 Å². The molecule has 0 unspecified atom stereocenters. The summed E-state index contributed by atoms with van der Waals surface area (Å²) < 4.78 is 19.2. The molecule has 0 aromatic carbocycles. The van der Waals surface area contributed by atoms with Crippen LogP contribution in [0, 0.1) is 0 Å². The zero-order chi connectivity index (χ0) is 4.50. The molecule has 0 bridgehead atoms. The number of hydrogen-bond acceptors (Lipinski definition) is 2. The van der Waals surface area contributed by atoms with Gasteiger partial charge < -0.3 is 0 Å². The first-order chi connectivity index (χ1) is 2.00. The fourth-order valence-electron chi connectivity index (χ4n) is 0. The van der Waals surface area contributed by atoms with Crippen molar-refractivity contribution in [3.63, 3.8) is 0 Å². The van der Waals surface area contributed by atoms with Crippen LogP contribution >= 0.6 is 21.2 Å². The Kier molecular flexibility index (Phi) is 1.68. The fraction of sp³-hybridized carbons (Fsp3) is 0. The summed E-state index contributed by atoms with van der Waals surface area (Å²) in [5.74, 6) is 0. The monoisotopic (exact) mass is 204 g/mol. The molecule has 30 valence electrons.